The molecule has 3 atom stereocenters. The van der Waals surface area contributed by atoms with Crippen molar-refractivity contribution in [1.29, 1.82) is 0 Å². The molecule has 0 bridgehead atoms. The summed E-state index contributed by atoms with van der Waals surface area (Å²) in [5.41, 5.74) is 1.23. The highest BCUT2D eigenvalue weighted by molar-refractivity contribution is 5.97. The molecule has 8 heteroatoms. The predicted octanol–water partition coefficient (Wildman–Crippen LogP) is 2.71. The van der Waals surface area contributed by atoms with Crippen molar-refractivity contribution in [3.63, 3.8) is 0 Å². The molecule has 1 fully saturated rings. The van der Waals surface area contributed by atoms with Crippen LogP contribution in [0.25, 0.3) is 0 Å². The molecule has 2 aromatic rings. The van der Waals surface area contributed by atoms with Crippen LogP contribution in [0.15, 0.2) is 36.5 Å². The maximum absolute atomic E-state index is 13.5. The van der Waals surface area contributed by atoms with E-state index >= 15 is 0 Å². The smallest absolute Gasteiger partial charge is 0.259 e. The van der Waals surface area contributed by atoms with E-state index in [-0.39, 0.29) is 53.6 Å². The first-order valence-electron chi connectivity index (χ1n) is 11.9. The fourth-order valence-corrected chi connectivity index (χ4v) is 4.10. The van der Waals surface area contributed by atoms with Crippen molar-refractivity contribution in [3.8, 4) is 17.7 Å². The molecule has 2 amide bonds. The van der Waals surface area contributed by atoms with E-state index in [1.807, 2.05) is 6.92 Å². The van der Waals surface area contributed by atoms with E-state index < -0.39 is 6.04 Å². The van der Waals surface area contributed by atoms with Crippen molar-refractivity contribution >= 4 is 11.8 Å². The number of carbonyl (C=O) groups excluding carboxylic acids is 2. The predicted molar refractivity (Wildman–Crippen MR) is 128 cm³/mol. The third-order valence-corrected chi connectivity index (χ3v) is 6.45. The fourth-order valence-electron chi connectivity index (χ4n) is 4.10. The van der Waals surface area contributed by atoms with E-state index in [1.54, 1.807) is 42.0 Å². The van der Waals surface area contributed by atoms with Crippen LogP contribution in [-0.2, 0) is 4.79 Å². The van der Waals surface area contributed by atoms with Gasteiger partial charge in [0.15, 0.2) is 0 Å². The van der Waals surface area contributed by atoms with Gasteiger partial charge in [0.05, 0.1) is 19.2 Å². The molecule has 0 spiro atoms. The summed E-state index contributed by atoms with van der Waals surface area (Å²) in [6.45, 7) is 4.29. The van der Waals surface area contributed by atoms with Crippen molar-refractivity contribution in [2.24, 2.45) is 11.8 Å². The molecule has 1 N–H and O–H groups in total. The van der Waals surface area contributed by atoms with Gasteiger partial charge in [-0.25, -0.2) is 9.37 Å². The number of carbonyl (C=O) groups is 2. The summed E-state index contributed by atoms with van der Waals surface area (Å²) < 4.78 is 19.7. The van der Waals surface area contributed by atoms with Crippen LogP contribution in [0.3, 0.4) is 0 Å². The zero-order chi connectivity index (χ0) is 25.1. The number of aromatic nitrogens is 1. The summed E-state index contributed by atoms with van der Waals surface area (Å²) in [6.07, 6.45) is 2.97. The van der Waals surface area contributed by atoms with Crippen molar-refractivity contribution < 1.29 is 23.8 Å². The Bertz CT molecular complexity index is 1170. The van der Waals surface area contributed by atoms with Gasteiger partial charge < -0.3 is 19.6 Å². The van der Waals surface area contributed by atoms with Crippen molar-refractivity contribution in [2.45, 2.75) is 38.8 Å². The van der Waals surface area contributed by atoms with Gasteiger partial charge in [0.2, 0.25) is 11.8 Å². The Kier molecular flexibility index (Phi) is 7.37. The van der Waals surface area contributed by atoms with Gasteiger partial charge in [0.25, 0.3) is 5.91 Å². The van der Waals surface area contributed by atoms with Crippen LogP contribution in [0.1, 0.15) is 48.2 Å². The van der Waals surface area contributed by atoms with E-state index in [2.05, 4.69) is 16.8 Å². The summed E-state index contributed by atoms with van der Waals surface area (Å²) in [7, 11) is 1.77. The molecule has 4 rings (SSSR count). The molecular formula is C27H30FN3O4. The molecule has 184 valence electrons. The molecule has 2 aliphatic rings. The number of aliphatic hydroxyl groups is 1. The summed E-state index contributed by atoms with van der Waals surface area (Å²) in [5.74, 6) is 5.40. The van der Waals surface area contributed by atoms with Crippen LogP contribution >= 0.6 is 0 Å². The summed E-state index contributed by atoms with van der Waals surface area (Å²) in [6, 6.07) is 7.15. The number of aliphatic hydroxyl groups excluding tert-OH is 1. The summed E-state index contributed by atoms with van der Waals surface area (Å²) in [5, 5.41) is 9.79. The molecule has 1 aromatic heterocycles. The number of rotatable bonds is 5. The molecule has 35 heavy (non-hydrogen) atoms. The normalized spacial score (nSPS) is 20.5. The standard InChI is InChI=1S/C27H30FN3O4/c1-17-14-31(18(2)16-32)27(34)23-12-20(8-7-19-5-4-6-22(28)11-19)13-29-25(23)35-24(17)15-30(3)26(33)21-9-10-21/h4-6,11-13,17-18,21,24,32H,9-10,14-16H2,1-3H3/t17-,18+,24+/m0/s1. The Labute approximate surface area is 204 Å². The molecule has 1 aromatic carbocycles. The monoisotopic (exact) mass is 479 g/mol. The molecule has 2 heterocycles. The Morgan fingerprint density at radius 3 is 2.74 bits per heavy atom. The average molecular weight is 480 g/mol. The topological polar surface area (TPSA) is 83.0 Å². The molecule has 1 aliphatic heterocycles. The summed E-state index contributed by atoms with van der Waals surface area (Å²) in [4.78, 5) is 33.7. The van der Waals surface area contributed by atoms with Crippen molar-refractivity contribution in [2.75, 3.05) is 26.7 Å². The second-order valence-electron chi connectivity index (χ2n) is 9.45. The van der Waals surface area contributed by atoms with E-state index in [1.165, 1.54) is 18.3 Å². The number of amides is 2. The number of nitrogens with zero attached hydrogens (tertiary/aromatic N) is 3. The van der Waals surface area contributed by atoms with Crippen LogP contribution in [0.5, 0.6) is 5.88 Å². The van der Waals surface area contributed by atoms with Gasteiger partial charge >= 0.3 is 0 Å². The highest BCUT2D eigenvalue weighted by Crippen LogP contribution is 2.32. The lowest BCUT2D eigenvalue weighted by Gasteiger charge is -2.37. The quantitative estimate of drug-likeness (QED) is 0.667. The van der Waals surface area contributed by atoms with E-state index in [4.69, 9.17) is 4.74 Å². The number of likely N-dealkylation sites (N-methyl/N-ethyl adjacent to an activating group) is 1. The van der Waals surface area contributed by atoms with Gasteiger partial charge in [-0.3, -0.25) is 9.59 Å². The fraction of sp³-hybridized carbons (Fsp3) is 0.444. The van der Waals surface area contributed by atoms with E-state index in [0.717, 1.165) is 12.8 Å². The zero-order valence-electron chi connectivity index (χ0n) is 20.2. The van der Waals surface area contributed by atoms with Crippen LogP contribution in [-0.4, -0.2) is 70.6 Å². The summed E-state index contributed by atoms with van der Waals surface area (Å²) >= 11 is 0. The first-order valence-corrected chi connectivity index (χ1v) is 11.9. The molecular weight excluding hydrogens is 449 g/mol. The van der Waals surface area contributed by atoms with Gasteiger partial charge in [-0.05, 0) is 44.0 Å². The van der Waals surface area contributed by atoms with Crippen LogP contribution < -0.4 is 4.74 Å². The molecule has 0 unspecified atom stereocenters. The lowest BCUT2D eigenvalue weighted by Crippen LogP contribution is -2.50. The number of halogens is 1. The molecule has 1 aliphatic carbocycles. The Morgan fingerprint density at radius 1 is 1.31 bits per heavy atom. The van der Waals surface area contributed by atoms with Gasteiger partial charge in [-0.1, -0.05) is 24.8 Å². The maximum atomic E-state index is 13.5. The van der Waals surface area contributed by atoms with E-state index in [9.17, 15) is 19.1 Å². The number of benzene rings is 1. The first kappa shape index (κ1) is 24.7. The number of pyridine rings is 1. The van der Waals surface area contributed by atoms with Crippen molar-refractivity contribution in [1.82, 2.24) is 14.8 Å². The van der Waals surface area contributed by atoms with Gasteiger partial charge in [-0.15, -0.1) is 0 Å². The SMILES string of the molecule is C[C@H](CO)N1C[C@H](C)[C@@H](CN(C)C(=O)C2CC2)Oc2ncc(C#Cc3cccc(F)c3)cc2C1=O. The lowest BCUT2D eigenvalue weighted by molar-refractivity contribution is -0.132. The number of hydrogen-bond acceptors (Lipinski definition) is 5. The number of fused-ring (bicyclic) bond motifs is 1. The van der Waals surface area contributed by atoms with Crippen LogP contribution in [0, 0.1) is 29.5 Å². The van der Waals surface area contributed by atoms with Gasteiger partial charge in [0.1, 0.15) is 17.5 Å². The molecule has 1 saturated carbocycles. The Hall–Kier alpha value is -3.44. The van der Waals surface area contributed by atoms with Crippen LogP contribution in [0.4, 0.5) is 4.39 Å². The largest absolute Gasteiger partial charge is 0.472 e. The first-order chi connectivity index (χ1) is 16.8. The maximum Gasteiger partial charge on any atom is 0.259 e. The zero-order valence-corrected chi connectivity index (χ0v) is 20.2. The van der Waals surface area contributed by atoms with Gasteiger partial charge in [0, 0.05) is 42.8 Å². The second-order valence-corrected chi connectivity index (χ2v) is 9.45. The minimum absolute atomic E-state index is 0.0981. The van der Waals surface area contributed by atoms with Gasteiger partial charge in [-0.2, -0.15) is 0 Å². The van der Waals surface area contributed by atoms with Crippen molar-refractivity contribution in [3.05, 3.63) is 59.0 Å². The lowest BCUT2D eigenvalue weighted by atomic mass is 9.99. The molecule has 0 saturated heterocycles. The Morgan fingerprint density at radius 2 is 2.06 bits per heavy atom. The van der Waals surface area contributed by atoms with Crippen LogP contribution in [0.2, 0.25) is 0 Å². The number of ether oxygens (including phenoxy) is 1. The third kappa shape index (κ3) is 5.80. The second kappa shape index (κ2) is 10.4. The minimum atomic E-state index is -0.413. The van der Waals surface area contributed by atoms with E-state index in [0.29, 0.717) is 24.2 Å². The molecule has 0 radical (unpaired) electrons. The highest BCUT2D eigenvalue weighted by atomic mass is 19.1. The molecule has 7 nitrogen and oxygen atoms in total. The minimum Gasteiger partial charge on any atom is -0.472 e. The highest BCUT2D eigenvalue weighted by Gasteiger charge is 2.37. The third-order valence-electron chi connectivity index (χ3n) is 6.45. The Balaban J connectivity index is 1.66. The average Bonchev–Trinajstić information content (AvgIpc) is 3.69. The number of hydrogen-bond donors (Lipinski definition) is 1.